The van der Waals surface area contributed by atoms with Crippen LogP contribution in [0.5, 0.6) is 0 Å². The van der Waals surface area contributed by atoms with Crippen molar-refractivity contribution in [2.45, 2.75) is 13.0 Å². The molecule has 0 aromatic heterocycles. The van der Waals surface area contributed by atoms with Crippen LogP contribution < -0.4 is 10.6 Å². The number of rotatable bonds is 2. The maximum absolute atomic E-state index is 13.9. The maximum Gasteiger partial charge on any atom is 0.251 e. The summed E-state index contributed by atoms with van der Waals surface area (Å²) in [6, 6.07) is 9.87. The second-order valence-corrected chi connectivity index (χ2v) is 5.70. The van der Waals surface area contributed by atoms with Crippen LogP contribution in [0, 0.1) is 12.7 Å². The fourth-order valence-corrected chi connectivity index (χ4v) is 2.62. The van der Waals surface area contributed by atoms with Gasteiger partial charge in [-0.1, -0.05) is 33.6 Å². The molecule has 3 rings (SSSR count). The molecule has 1 aliphatic rings. The summed E-state index contributed by atoms with van der Waals surface area (Å²) in [4.78, 5) is 12.0. The molecule has 2 aromatic carbocycles. The lowest BCUT2D eigenvalue weighted by Crippen LogP contribution is -2.20. The van der Waals surface area contributed by atoms with Gasteiger partial charge in [0.05, 0.1) is 5.69 Å². The molecule has 2 N–H and O–H groups in total. The van der Waals surface area contributed by atoms with Crippen molar-refractivity contribution in [2.24, 2.45) is 0 Å². The number of carbonyl (C=O) groups is 1. The standard InChI is InChI=1S/C15H12BrFN2O/c1-8-2-4-12-10(6-8)14(15(20)19-12)18-13-5-3-9(16)7-11(13)17/h2-7,14,18H,1H3,(H,19,20). The van der Waals surface area contributed by atoms with Crippen LogP contribution in [-0.2, 0) is 4.79 Å². The fourth-order valence-electron chi connectivity index (χ4n) is 2.29. The fraction of sp³-hybridized carbons (Fsp3) is 0.133. The summed E-state index contributed by atoms with van der Waals surface area (Å²) in [7, 11) is 0. The van der Waals surface area contributed by atoms with Crippen LogP contribution >= 0.6 is 15.9 Å². The molecule has 1 aliphatic heterocycles. The predicted molar refractivity (Wildman–Crippen MR) is 80.3 cm³/mol. The van der Waals surface area contributed by atoms with E-state index in [0.717, 1.165) is 16.8 Å². The number of halogens is 2. The van der Waals surface area contributed by atoms with Gasteiger partial charge in [0.15, 0.2) is 0 Å². The molecule has 20 heavy (non-hydrogen) atoms. The van der Waals surface area contributed by atoms with Gasteiger partial charge in [-0.15, -0.1) is 0 Å². The molecule has 0 spiro atoms. The third-order valence-corrected chi connectivity index (χ3v) is 3.76. The Morgan fingerprint density at radius 2 is 2.05 bits per heavy atom. The van der Waals surface area contributed by atoms with Crippen LogP contribution in [0.4, 0.5) is 15.8 Å². The number of carbonyl (C=O) groups excluding carboxylic acids is 1. The number of aryl methyl sites for hydroxylation is 1. The third kappa shape index (κ3) is 2.29. The third-order valence-electron chi connectivity index (χ3n) is 3.27. The SMILES string of the molecule is Cc1ccc2c(c1)C(Nc1ccc(Br)cc1F)C(=O)N2. The number of fused-ring (bicyclic) bond motifs is 1. The first kappa shape index (κ1) is 13.1. The molecule has 1 amide bonds. The summed E-state index contributed by atoms with van der Waals surface area (Å²) in [5.74, 6) is -0.568. The van der Waals surface area contributed by atoms with Crippen LogP contribution in [0.25, 0.3) is 0 Å². The molecule has 1 heterocycles. The van der Waals surface area contributed by atoms with E-state index in [9.17, 15) is 9.18 Å². The maximum atomic E-state index is 13.9. The average molecular weight is 335 g/mol. The van der Waals surface area contributed by atoms with E-state index in [-0.39, 0.29) is 5.91 Å². The monoisotopic (exact) mass is 334 g/mol. The normalized spacial score (nSPS) is 16.8. The van der Waals surface area contributed by atoms with Gasteiger partial charge in [-0.2, -0.15) is 0 Å². The summed E-state index contributed by atoms with van der Waals surface area (Å²) < 4.78 is 14.5. The van der Waals surface area contributed by atoms with Gasteiger partial charge in [0.2, 0.25) is 0 Å². The summed E-state index contributed by atoms with van der Waals surface area (Å²) in [5, 5.41) is 5.75. The minimum Gasteiger partial charge on any atom is -0.368 e. The quantitative estimate of drug-likeness (QED) is 0.871. The van der Waals surface area contributed by atoms with Crippen molar-refractivity contribution in [2.75, 3.05) is 10.6 Å². The average Bonchev–Trinajstić information content (AvgIpc) is 2.69. The van der Waals surface area contributed by atoms with Crippen LogP contribution in [0.1, 0.15) is 17.2 Å². The van der Waals surface area contributed by atoms with Crippen LogP contribution in [-0.4, -0.2) is 5.91 Å². The smallest absolute Gasteiger partial charge is 0.251 e. The summed E-state index contributed by atoms with van der Waals surface area (Å²) in [6.07, 6.45) is 0. The lowest BCUT2D eigenvalue weighted by Gasteiger charge is -2.14. The molecule has 1 unspecified atom stereocenters. The molecule has 0 saturated heterocycles. The largest absolute Gasteiger partial charge is 0.368 e. The number of hydrogen-bond acceptors (Lipinski definition) is 2. The van der Waals surface area contributed by atoms with Crippen molar-refractivity contribution in [1.29, 1.82) is 0 Å². The highest BCUT2D eigenvalue weighted by Gasteiger charge is 2.30. The Balaban J connectivity index is 1.95. The highest BCUT2D eigenvalue weighted by molar-refractivity contribution is 9.10. The van der Waals surface area contributed by atoms with Gasteiger partial charge in [0.1, 0.15) is 11.9 Å². The topological polar surface area (TPSA) is 41.1 Å². The van der Waals surface area contributed by atoms with E-state index < -0.39 is 11.9 Å². The number of amides is 1. The summed E-state index contributed by atoms with van der Waals surface area (Å²) in [6.45, 7) is 1.96. The molecule has 0 bridgehead atoms. The van der Waals surface area contributed by atoms with E-state index in [2.05, 4.69) is 26.6 Å². The number of anilines is 2. The molecule has 0 aliphatic carbocycles. The Morgan fingerprint density at radius 3 is 2.80 bits per heavy atom. The van der Waals surface area contributed by atoms with Gasteiger partial charge in [0, 0.05) is 15.7 Å². The summed E-state index contributed by atoms with van der Waals surface area (Å²) >= 11 is 3.21. The van der Waals surface area contributed by atoms with E-state index in [1.807, 2.05) is 25.1 Å². The van der Waals surface area contributed by atoms with Crippen molar-refractivity contribution < 1.29 is 9.18 Å². The van der Waals surface area contributed by atoms with E-state index in [1.54, 1.807) is 12.1 Å². The molecule has 0 fully saturated rings. The Morgan fingerprint density at radius 1 is 1.25 bits per heavy atom. The van der Waals surface area contributed by atoms with Crippen LogP contribution in [0.2, 0.25) is 0 Å². The van der Waals surface area contributed by atoms with Crippen molar-refractivity contribution in [3.05, 3.63) is 57.8 Å². The minimum absolute atomic E-state index is 0.173. The molecule has 2 aromatic rings. The molecule has 0 radical (unpaired) electrons. The van der Waals surface area contributed by atoms with E-state index in [1.165, 1.54) is 6.07 Å². The first-order valence-electron chi connectivity index (χ1n) is 6.17. The second kappa shape index (κ2) is 4.90. The van der Waals surface area contributed by atoms with Crippen molar-refractivity contribution >= 4 is 33.2 Å². The molecule has 1 atom stereocenters. The van der Waals surface area contributed by atoms with Crippen molar-refractivity contribution in [1.82, 2.24) is 0 Å². The molecule has 0 saturated carbocycles. The molecule has 3 nitrogen and oxygen atoms in total. The highest BCUT2D eigenvalue weighted by atomic mass is 79.9. The number of benzene rings is 2. The van der Waals surface area contributed by atoms with Crippen LogP contribution in [0.3, 0.4) is 0 Å². The van der Waals surface area contributed by atoms with Crippen LogP contribution in [0.15, 0.2) is 40.9 Å². The highest BCUT2D eigenvalue weighted by Crippen LogP contribution is 2.34. The van der Waals surface area contributed by atoms with Gasteiger partial charge in [-0.05, 0) is 31.2 Å². The zero-order valence-electron chi connectivity index (χ0n) is 10.7. The Hall–Kier alpha value is -1.88. The van der Waals surface area contributed by atoms with Gasteiger partial charge >= 0.3 is 0 Å². The lowest BCUT2D eigenvalue weighted by atomic mass is 10.1. The van der Waals surface area contributed by atoms with Crippen molar-refractivity contribution in [3.8, 4) is 0 Å². The lowest BCUT2D eigenvalue weighted by molar-refractivity contribution is -0.116. The molecular formula is C15H12BrFN2O. The van der Waals surface area contributed by atoms with Gasteiger partial charge in [0.25, 0.3) is 5.91 Å². The minimum atomic E-state index is -0.569. The first-order valence-corrected chi connectivity index (χ1v) is 6.97. The van der Waals surface area contributed by atoms with Gasteiger partial charge in [-0.3, -0.25) is 4.79 Å². The van der Waals surface area contributed by atoms with Gasteiger partial charge in [-0.25, -0.2) is 4.39 Å². The van der Waals surface area contributed by atoms with Crippen molar-refractivity contribution in [3.63, 3.8) is 0 Å². The molecular weight excluding hydrogens is 323 g/mol. The zero-order valence-corrected chi connectivity index (χ0v) is 12.3. The molecule has 102 valence electrons. The number of nitrogens with one attached hydrogen (secondary N) is 2. The van der Waals surface area contributed by atoms with E-state index in [4.69, 9.17) is 0 Å². The Labute approximate surface area is 124 Å². The zero-order chi connectivity index (χ0) is 14.3. The molecule has 5 heteroatoms. The summed E-state index contributed by atoms with van der Waals surface area (Å²) in [5.41, 5.74) is 2.99. The number of hydrogen-bond donors (Lipinski definition) is 2. The van der Waals surface area contributed by atoms with Gasteiger partial charge < -0.3 is 10.6 Å². The predicted octanol–water partition coefficient (Wildman–Crippen LogP) is 4.00. The second-order valence-electron chi connectivity index (χ2n) is 4.78. The van der Waals surface area contributed by atoms with E-state index >= 15 is 0 Å². The Kier molecular flexibility index (Phi) is 3.22. The van der Waals surface area contributed by atoms with E-state index in [0.29, 0.717) is 10.2 Å². The Bertz CT molecular complexity index is 702. The first-order chi connectivity index (χ1) is 9.54.